The summed E-state index contributed by atoms with van der Waals surface area (Å²) in [5.41, 5.74) is 5.32. The fourth-order valence-corrected chi connectivity index (χ4v) is 6.38. The van der Waals surface area contributed by atoms with Crippen molar-refractivity contribution in [3.8, 4) is 39.7 Å². The van der Waals surface area contributed by atoms with E-state index in [9.17, 15) is 9.59 Å². The molecular formula is C33H32B3ClN10O2. The number of halogens is 1. The molecule has 0 saturated heterocycles. The second-order valence-electron chi connectivity index (χ2n) is 13.3. The van der Waals surface area contributed by atoms with E-state index in [0.717, 1.165) is 23.2 Å². The number of fused-ring (bicyclic) bond motifs is 4. The first-order valence-corrected chi connectivity index (χ1v) is 16.5. The Bertz CT molecular complexity index is 2230. The third-order valence-electron chi connectivity index (χ3n) is 8.71. The summed E-state index contributed by atoms with van der Waals surface area (Å²) in [6, 6.07) is 16.4. The molecule has 4 aromatic heterocycles. The van der Waals surface area contributed by atoms with Gasteiger partial charge in [0.15, 0.2) is 11.5 Å². The quantitative estimate of drug-likeness (QED) is 0.277. The summed E-state index contributed by atoms with van der Waals surface area (Å²) in [5, 5.41) is 16.5. The molecule has 7 rings (SSSR count). The first-order valence-electron chi connectivity index (χ1n) is 16.1. The monoisotopic (exact) mass is 668 g/mol. The van der Waals surface area contributed by atoms with Gasteiger partial charge < -0.3 is 5.32 Å². The summed E-state index contributed by atoms with van der Waals surface area (Å²) >= 11 is 6.45. The number of amides is 1. The van der Waals surface area contributed by atoms with Crippen LogP contribution in [-0.4, -0.2) is 73.7 Å². The predicted molar refractivity (Wildman–Crippen MR) is 196 cm³/mol. The van der Waals surface area contributed by atoms with Crippen LogP contribution in [0.15, 0.2) is 90.5 Å². The van der Waals surface area contributed by atoms with Gasteiger partial charge in [0.2, 0.25) is 5.91 Å². The number of rotatable bonds is 5. The highest BCUT2D eigenvalue weighted by molar-refractivity contribution is 6.56. The summed E-state index contributed by atoms with van der Waals surface area (Å²) in [4.78, 5) is 40.6. The summed E-state index contributed by atoms with van der Waals surface area (Å²) in [6.07, 6.45) is 10.3. The largest absolute Gasteiger partial charge is 0.323 e. The molecular weight excluding hydrogens is 636 g/mol. The number of anilines is 1. The van der Waals surface area contributed by atoms with E-state index >= 15 is 0 Å². The van der Waals surface area contributed by atoms with Crippen molar-refractivity contribution in [2.24, 2.45) is 5.92 Å². The van der Waals surface area contributed by atoms with Gasteiger partial charge in [0.05, 0.1) is 47.5 Å². The highest BCUT2D eigenvalue weighted by Gasteiger charge is 2.27. The highest BCUT2D eigenvalue weighted by atomic mass is 35.5. The van der Waals surface area contributed by atoms with Crippen molar-refractivity contribution in [1.82, 2.24) is 44.3 Å². The minimum Gasteiger partial charge on any atom is -0.323 e. The van der Waals surface area contributed by atoms with E-state index in [4.69, 9.17) is 16.6 Å². The van der Waals surface area contributed by atoms with E-state index in [1.54, 1.807) is 64.6 Å². The zero-order chi connectivity index (χ0) is 34.3. The van der Waals surface area contributed by atoms with Gasteiger partial charge in [0.1, 0.15) is 23.5 Å². The lowest BCUT2D eigenvalue weighted by molar-refractivity contribution is -0.119. The second-order valence-corrected chi connectivity index (χ2v) is 13.7. The van der Waals surface area contributed by atoms with Crippen molar-refractivity contribution in [2.45, 2.75) is 37.5 Å². The molecule has 1 amide bonds. The van der Waals surface area contributed by atoms with Gasteiger partial charge >= 0.3 is 0 Å². The molecule has 0 saturated carbocycles. The number of aromatic nitrogens is 9. The molecule has 2 aromatic carbocycles. The zero-order valence-corrected chi connectivity index (χ0v) is 28.3. The summed E-state index contributed by atoms with van der Waals surface area (Å²) in [7, 11) is 6.22. The second kappa shape index (κ2) is 13.0. The molecule has 1 N–H and O–H groups in total. The van der Waals surface area contributed by atoms with Crippen molar-refractivity contribution in [3.63, 3.8) is 0 Å². The van der Waals surface area contributed by atoms with Crippen LogP contribution in [0, 0.1) is 5.92 Å². The third-order valence-corrected chi connectivity index (χ3v) is 8.95. The molecule has 16 heteroatoms. The summed E-state index contributed by atoms with van der Waals surface area (Å²) in [6.45, 7) is 1.93. The van der Waals surface area contributed by atoms with Crippen LogP contribution in [0.4, 0.5) is 5.69 Å². The molecule has 0 fully saturated rings. The van der Waals surface area contributed by atoms with E-state index < -0.39 is 0 Å². The number of carbonyl (C=O) groups is 1. The Hall–Kier alpha value is -5.30. The molecule has 2 atom stereocenters. The average Bonchev–Trinajstić information content (AvgIpc) is 3.75. The van der Waals surface area contributed by atoms with Gasteiger partial charge in [0, 0.05) is 40.5 Å². The molecule has 0 unspecified atom stereocenters. The van der Waals surface area contributed by atoms with Gasteiger partial charge in [-0.3, -0.25) is 18.8 Å². The number of nitrogens with one attached hydrogen (secondary N) is 1. The smallest absolute Gasteiger partial charge is 0.254 e. The summed E-state index contributed by atoms with van der Waals surface area (Å²) in [5.74, 6) is 0.160. The molecule has 0 aliphatic carbocycles. The lowest BCUT2D eigenvalue weighted by Gasteiger charge is -2.26. The number of hydrogen-bond acceptors (Lipinski definition) is 8. The van der Waals surface area contributed by atoms with E-state index in [1.165, 1.54) is 6.07 Å². The number of nitrogens with zero attached hydrogens (tertiary/aromatic N) is 9. The molecule has 0 radical (unpaired) electrons. The van der Waals surface area contributed by atoms with Crippen LogP contribution < -0.4 is 10.9 Å². The molecule has 2 bridgehead atoms. The SMILES string of the molecule is BC(B)(B)n1ncc2c1-c1cccc(c1)[C@@H](n1cnc(-c3cc(Cl)ccc3-n3cc(-c4ncccn4)nn3)cc1=O)CCC[C@@H](C)C(=O)N2. The molecule has 242 valence electrons. The first-order chi connectivity index (χ1) is 23.6. The normalized spacial score (nSPS) is 16.7. The summed E-state index contributed by atoms with van der Waals surface area (Å²) < 4.78 is 5.20. The van der Waals surface area contributed by atoms with Gasteiger partial charge in [-0.2, -0.15) is 5.10 Å². The van der Waals surface area contributed by atoms with Crippen LogP contribution in [0.1, 0.15) is 37.8 Å². The topological polar surface area (TPSA) is 138 Å². The van der Waals surface area contributed by atoms with Crippen LogP contribution in [0.25, 0.3) is 39.7 Å². The maximum atomic E-state index is 14.0. The number of benzene rings is 2. The Labute approximate surface area is 290 Å². The standard InChI is InChI=1S/C33H32B3ClN10O2/c1-19-5-2-8-27(20-6-3-7-21(13-20)30-25(42-32(19)49)16-41-47(30)33(34,35)36)45-18-40-24(15-29(45)48)23-14-22(37)9-10-28(23)46-17-26(43-44-46)31-38-11-4-12-39-31/h3-4,6-7,9-19,27H,2,5,8,34-36H2,1H3,(H,42,49)/t19-,27+/m1/s1. The Kier molecular flexibility index (Phi) is 8.53. The van der Waals surface area contributed by atoms with Crippen LogP contribution in [0.5, 0.6) is 0 Å². The lowest BCUT2D eigenvalue weighted by Crippen LogP contribution is -2.36. The fourth-order valence-electron chi connectivity index (χ4n) is 6.21. The van der Waals surface area contributed by atoms with Crippen molar-refractivity contribution >= 4 is 46.7 Å². The van der Waals surface area contributed by atoms with Crippen LogP contribution in [-0.2, 0) is 10.0 Å². The molecule has 49 heavy (non-hydrogen) atoms. The van der Waals surface area contributed by atoms with Crippen LogP contribution in [0.2, 0.25) is 5.02 Å². The molecule has 5 heterocycles. The number of carbonyl (C=O) groups excluding carboxylic acids is 1. The predicted octanol–water partition coefficient (Wildman–Crippen LogP) is 2.28. The van der Waals surface area contributed by atoms with E-state index in [2.05, 4.69) is 60.3 Å². The molecule has 1 aliphatic heterocycles. The Morgan fingerprint density at radius 3 is 2.55 bits per heavy atom. The van der Waals surface area contributed by atoms with Gasteiger partial charge in [-0.15, -0.1) is 5.10 Å². The van der Waals surface area contributed by atoms with Crippen molar-refractivity contribution < 1.29 is 4.79 Å². The molecule has 0 spiro atoms. The Morgan fingerprint density at radius 1 is 0.959 bits per heavy atom. The number of hydrogen-bond donors (Lipinski definition) is 1. The average molecular weight is 669 g/mol. The Morgan fingerprint density at radius 2 is 1.78 bits per heavy atom. The fraction of sp³-hybridized carbons (Fsp3) is 0.212. The van der Waals surface area contributed by atoms with Crippen molar-refractivity contribution in [2.75, 3.05) is 5.32 Å². The van der Waals surface area contributed by atoms with E-state index in [1.807, 2.05) is 29.8 Å². The van der Waals surface area contributed by atoms with Crippen molar-refractivity contribution in [3.05, 3.63) is 107 Å². The van der Waals surface area contributed by atoms with E-state index in [-0.39, 0.29) is 28.7 Å². The molecule has 6 aromatic rings. The molecule has 12 nitrogen and oxygen atoms in total. The Balaban J connectivity index is 1.29. The third kappa shape index (κ3) is 6.45. The van der Waals surface area contributed by atoms with Gasteiger partial charge in [0.25, 0.3) is 5.56 Å². The van der Waals surface area contributed by atoms with Crippen LogP contribution in [0.3, 0.4) is 0 Å². The molecule has 1 aliphatic rings. The lowest BCUT2D eigenvalue weighted by atomic mass is 9.49. The maximum absolute atomic E-state index is 14.0. The van der Waals surface area contributed by atoms with Crippen LogP contribution >= 0.6 is 11.6 Å². The first kappa shape index (κ1) is 32.3. The van der Waals surface area contributed by atoms with Gasteiger partial charge in [-0.1, -0.05) is 48.4 Å². The van der Waals surface area contributed by atoms with E-state index in [0.29, 0.717) is 52.0 Å². The minimum atomic E-state index is -0.338. The van der Waals surface area contributed by atoms with Gasteiger partial charge in [-0.05, 0) is 54.0 Å². The highest BCUT2D eigenvalue weighted by Crippen LogP contribution is 2.35. The zero-order valence-electron chi connectivity index (χ0n) is 27.6. The van der Waals surface area contributed by atoms with Gasteiger partial charge in [-0.25, -0.2) is 19.6 Å². The van der Waals surface area contributed by atoms with Crippen molar-refractivity contribution in [1.29, 1.82) is 0 Å². The minimum absolute atomic E-state index is 0.0562. The maximum Gasteiger partial charge on any atom is 0.254 e.